The summed E-state index contributed by atoms with van der Waals surface area (Å²) in [4.78, 5) is 9.47. The molecule has 6 aromatic rings. The van der Waals surface area contributed by atoms with E-state index in [2.05, 4.69) is 80.2 Å². The molecule has 0 saturated heterocycles. The SMILES string of the molecule is NC1(c2ccc(-c3nc4ccc5nnc(CCc6cccnc6)n5c4cc3-c3ccccc3)cc2)CCC1. The molecule has 0 bridgehead atoms. The second kappa shape index (κ2) is 9.15. The molecule has 1 saturated carbocycles. The standard InChI is InChI=1S/C32H28N6/c33-32(17-5-18-32)25-12-10-24(11-13-25)31-26(23-7-2-1-3-8-23)20-28-27(35-31)14-16-30-37-36-29(38(28)30)15-9-22-6-4-19-34-21-22/h1-4,6-8,10-14,16,19-21H,5,9,15,17-18,33H2. The molecule has 0 unspecified atom stereocenters. The highest BCUT2D eigenvalue weighted by Crippen LogP contribution is 2.40. The molecule has 6 heteroatoms. The minimum atomic E-state index is -0.177. The predicted molar refractivity (Wildman–Crippen MR) is 151 cm³/mol. The summed E-state index contributed by atoms with van der Waals surface area (Å²) in [6, 6.07) is 29.5. The molecule has 1 aliphatic rings. The number of nitrogens with two attached hydrogens (primary N) is 1. The third-order valence-corrected chi connectivity index (χ3v) is 7.84. The monoisotopic (exact) mass is 496 g/mol. The van der Waals surface area contributed by atoms with Crippen LogP contribution in [0.3, 0.4) is 0 Å². The molecule has 0 atom stereocenters. The maximum Gasteiger partial charge on any atom is 0.161 e. The number of nitrogens with zero attached hydrogens (tertiary/aromatic N) is 5. The molecule has 38 heavy (non-hydrogen) atoms. The van der Waals surface area contributed by atoms with Gasteiger partial charge in [-0.05, 0) is 66.6 Å². The molecule has 0 radical (unpaired) electrons. The van der Waals surface area contributed by atoms with Gasteiger partial charge in [0.25, 0.3) is 0 Å². The van der Waals surface area contributed by atoms with Gasteiger partial charge in [-0.25, -0.2) is 4.98 Å². The van der Waals surface area contributed by atoms with E-state index in [0.717, 1.165) is 70.6 Å². The Balaban J connectivity index is 1.37. The van der Waals surface area contributed by atoms with Crippen molar-refractivity contribution in [2.24, 2.45) is 5.73 Å². The number of aromatic nitrogens is 5. The number of rotatable bonds is 6. The molecule has 0 spiro atoms. The number of aryl methyl sites for hydroxylation is 2. The van der Waals surface area contributed by atoms with Crippen LogP contribution in [-0.4, -0.2) is 24.6 Å². The Kier molecular flexibility index (Phi) is 5.48. The van der Waals surface area contributed by atoms with Crippen LogP contribution in [0.25, 0.3) is 39.1 Å². The van der Waals surface area contributed by atoms with E-state index in [0.29, 0.717) is 0 Å². The number of hydrogen-bond acceptors (Lipinski definition) is 5. The van der Waals surface area contributed by atoms with Crippen molar-refractivity contribution in [2.45, 2.75) is 37.6 Å². The Morgan fingerprint density at radius 1 is 0.816 bits per heavy atom. The van der Waals surface area contributed by atoms with Crippen LogP contribution in [0.2, 0.25) is 0 Å². The summed E-state index contributed by atoms with van der Waals surface area (Å²) in [6.07, 6.45) is 8.61. The van der Waals surface area contributed by atoms with Gasteiger partial charge in [0.1, 0.15) is 5.82 Å². The molecule has 2 aromatic carbocycles. The molecular weight excluding hydrogens is 468 g/mol. The van der Waals surface area contributed by atoms with Crippen LogP contribution in [0.1, 0.15) is 36.2 Å². The van der Waals surface area contributed by atoms with Crippen molar-refractivity contribution in [1.82, 2.24) is 24.6 Å². The highest BCUT2D eigenvalue weighted by molar-refractivity contribution is 5.91. The van der Waals surface area contributed by atoms with E-state index >= 15 is 0 Å². The molecule has 186 valence electrons. The predicted octanol–water partition coefficient (Wildman–Crippen LogP) is 6.13. The van der Waals surface area contributed by atoms with E-state index in [9.17, 15) is 0 Å². The van der Waals surface area contributed by atoms with E-state index in [-0.39, 0.29) is 5.54 Å². The van der Waals surface area contributed by atoms with Crippen LogP contribution in [0.15, 0.2) is 97.3 Å². The minimum Gasteiger partial charge on any atom is -0.321 e. The molecule has 4 aromatic heterocycles. The quantitative estimate of drug-likeness (QED) is 0.300. The zero-order valence-electron chi connectivity index (χ0n) is 21.1. The average molecular weight is 497 g/mol. The summed E-state index contributed by atoms with van der Waals surface area (Å²) in [7, 11) is 0. The van der Waals surface area contributed by atoms with Crippen LogP contribution < -0.4 is 5.73 Å². The van der Waals surface area contributed by atoms with Gasteiger partial charge >= 0.3 is 0 Å². The van der Waals surface area contributed by atoms with Crippen molar-refractivity contribution < 1.29 is 0 Å². The minimum absolute atomic E-state index is 0.177. The normalized spacial score (nSPS) is 14.6. The van der Waals surface area contributed by atoms with Gasteiger partial charge in [-0.2, -0.15) is 0 Å². The summed E-state index contributed by atoms with van der Waals surface area (Å²) in [6.45, 7) is 0. The highest BCUT2D eigenvalue weighted by Gasteiger charge is 2.34. The molecule has 0 amide bonds. The summed E-state index contributed by atoms with van der Waals surface area (Å²) < 4.78 is 2.15. The first-order valence-corrected chi connectivity index (χ1v) is 13.2. The van der Waals surface area contributed by atoms with Gasteiger partial charge < -0.3 is 5.73 Å². The Bertz CT molecular complexity index is 1740. The number of pyridine rings is 3. The first-order chi connectivity index (χ1) is 18.7. The van der Waals surface area contributed by atoms with E-state index in [4.69, 9.17) is 10.7 Å². The fraction of sp³-hybridized carbons (Fsp3) is 0.188. The topological polar surface area (TPSA) is 82.0 Å². The summed E-state index contributed by atoms with van der Waals surface area (Å²) in [5.41, 5.74) is 15.8. The fourth-order valence-corrected chi connectivity index (χ4v) is 5.50. The van der Waals surface area contributed by atoms with Gasteiger partial charge in [0, 0.05) is 35.5 Å². The zero-order valence-corrected chi connectivity index (χ0v) is 21.1. The Hall–Kier alpha value is -4.42. The van der Waals surface area contributed by atoms with Gasteiger partial charge in [-0.3, -0.25) is 9.38 Å². The van der Waals surface area contributed by atoms with Gasteiger partial charge in [0.15, 0.2) is 5.65 Å². The number of benzene rings is 2. The van der Waals surface area contributed by atoms with Gasteiger partial charge in [0.05, 0.1) is 16.7 Å². The van der Waals surface area contributed by atoms with Crippen LogP contribution >= 0.6 is 0 Å². The second-order valence-electron chi connectivity index (χ2n) is 10.2. The Labute approximate surface area is 221 Å². The molecule has 6 nitrogen and oxygen atoms in total. The van der Waals surface area contributed by atoms with E-state index in [1.54, 1.807) is 6.20 Å². The van der Waals surface area contributed by atoms with Gasteiger partial charge in [-0.1, -0.05) is 60.7 Å². The van der Waals surface area contributed by atoms with E-state index in [1.807, 2.05) is 30.5 Å². The molecule has 4 heterocycles. The third kappa shape index (κ3) is 3.94. The van der Waals surface area contributed by atoms with Crippen molar-refractivity contribution in [3.63, 3.8) is 0 Å². The maximum absolute atomic E-state index is 6.59. The number of fused-ring (bicyclic) bond motifs is 3. The van der Waals surface area contributed by atoms with Crippen LogP contribution in [0.4, 0.5) is 0 Å². The number of hydrogen-bond donors (Lipinski definition) is 1. The average Bonchev–Trinajstić information content (AvgIpc) is 3.39. The lowest BCUT2D eigenvalue weighted by atomic mass is 9.72. The Morgan fingerprint density at radius 3 is 2.39 bits per heavy atom. The fourth-order valence-electron chi connectivity index (χ4n) is 5.50. The highest BCUT2D eigenvalue weighted by atomic mass is 15.2. The summed E-state index contributed by atoms with van der Waals surface area (Å²) >= 11 is 0. The van der Waals surface area contributed by atoms with E-state index in [1.165, 1.54) is 17.5 Å². The first-order valence-electron chi connectivity index (χ1n) is 13.2. The molecule has 2 N–H and O–H groups in total. The van der Waals surface area contributed by atoms with Gasteiger partial charge in [-0.15, -0.1) is 10.2 Å². The van der Waals surface area contributed by atoms with E-state index < -0.39 is 0 Å². The smallest absolute Gasteiger partial charge is 0.161 e. The zero-order chi connectivity index (χ0) is 25.5. The van der Waals surface area contributed by atoms with Gasteiger partial charge in [0.2, 0.25) is 0 Å². The van der Waals surface area contributed by atoms with Crippen molar-refractivity contribution in [3.05, 3.63) is 114 Å². The molecular formula is C32H28N6. The van der Waals surface area contributed by atoms with Crippen molar-refractivity contribution >= 4 is 16.7 Å². The lowest BCUT2D eigenvalue weighted by Crippen LogP contribution is -2.43. The van der Waals surface area contributed by atoms with Crippen LogP contribution in [-0.2, 0) is 18.4 Å². The van der Waals surface area contributed by atoms with Crippen LogP contribution in [0, 0.1) is 0 Å². The first kappa shape index (κ1) is 22.8. The summed E-state index contributed by atoms with van der Waals surface area (Å²) in [5, 5.41) is 9.01. The largest absolute Gasteiger partial charge is 0.321 e. The second-order valence-corrected chi connectivity index (χ2v) is 10.2. The summed E-state index contributed by atoms with van der Waals surface area (Å²) in [5.74, 6) is 0.918. The van der Waals surface area contributed by atoms with Crippen molar-refractivity contribution in [3.8, 4) is 22.4 Å². The molecule has 0 aliphatic heterocycles. The van der Waals surface area contributed by atoms with Crippen LogP contribution in [0.5, 0.6) is 0 Å². The molecule has 1 aliphatic carbocycles. The van der Waals surface area contributed by atoms with Crippen molar-refractivity contribution in [1.29, 1.82) is 0 Å². The molecule has 7 rings (SSSR count). The van der Waals surface area contributed by atoms with Crippen molar-refractivity contribution in [2.75, 3.05) is 0 Å². The lowest BCUT2D eigenvalue weighted by Gasteiger charge is -2.38. The molecule has 1 fully saturated rings. The maximum atomic E-state index is 6.59. The Morgan fingerprint density at radius 2 is 1.66 bits per heavy atom. The third-order valence-electron chi connectivity index (χ3n) is 7.84. The lowest BCUT2D eigenvalue weighted by molar-refractivity contribution is 0.253.